The quantitative estimate of drug-likeness (QED) is 0.532. The summed E-state index contributed by atoms with van der Waals surface area (Å²) in [5, 5.41) is 14.2. The molecule has 0 aliphatic rings. The number of aryl methyl sites for hydroxylation is 2. The van der Waals surface area contributed by atoms with Crippen molar-refractivity contribution in [2.45, 2.75) is 13.8 Å². The van der Waals surface area contributed by atoms with E-state index in [9.17, 15) is 0 Å². The Morgan fingerprint density at radius 1 is 1.09 bits per heavy atom. The lowest BCUT2D eigenvalue weighted by Crippen LogP contribution is -1.75. The number of benzene rings is 1. The predicted molar refractivity (Wildman–Crippen MR) is 47.5 cm³/mol. The molecule has 0 aliphatic heterocycles. The zero-order chi connectivity index (χ0) is 8.69. The van der Waals surface area contributed by atoms with E-state index in [0.29, 0.717) is 0 Å². The van der Waals surface area contributed by atoms with Crippen molar-refractivity contribution in [3.8, 4) is 0 Å². The highest BCUT2D eigenvalue weighted by Gasteiger charge is 1.80. The van der Waals surface area contributed by atoms with Gasteiger partial charge in [0.25, 0.3) is 0 Å². The summed E-state index contributed by atoms with van der Waals surface area (Å²) in [6.07, 6.45) is 0. The van der Waals surface area contributed by atoms with Crippen molar-refractivity contribution in [3.05, 3.63) is 35.4 Å². The van der Waals surface area contributed by atoms with Crippen LogP contribution < -0.4 is 0 Å². The zero-order valence-corrected chi connectivity index (χ0v) is 6.91. The molecule has 0 bridgehead atoms. The molecule has 2 N–H and O–H groups in total. The van der Waals surface area contributed by atoms with E-state index in [4.69, 9.17) is 10.0 Å². The molecule has 0 saturated carbocycles. The number of hydrogen-bond acceptors (Lipinski definition) is 2. The van der Waals surface area contributed by atoms with Gasteiger partial charge >= 0.3 is 7.69 Å². The fourth-order valence-electron chi connectivity index (χ4n) is 0.807. The SMILES string of the molecule is Cc1cccc(C)c1.OBO. The first-order chi connectivity index (χ1) is 5.20. The van der Waals surface area contributed by atoms with Gasteiger partial charge in [-0.15, -0.1) is 0 Å². The molecular weight excluding hydrogens is 139 g/mol. The first kappa shape index (κ1) is 10.2. The maximum absolute atomic E-state index is 7.12. The normalized spacial score (nSPS) is 8.00. The minimum Gasteiger partial charge on any atom is -0.430 e. The third-order valence-electron chi connectivity index (χ3n) is 1.17. The highest BCUT2D eigenvalue weighted by atomic mass is 16.4. The van der Waals surface area contributed by atoms with Crippen LogP contribution in [0.25, 0.3) is 0 Å². The van der Waals surface area contributed by atoms with Crippen LogP contribution in [0.3, 0.4) is 0 Å². The summed E-state index contributed by atoms with van der Waals surface area (Å²) < 4.78 is 0. The molecule has 0 saturated heterocycles. The second kappa shape index (κ2) is 5.95. The molecule has 0 unspecified atom stereocenters. The Balaban J connectivity index is 0.000000292. The smallest absolute Gasteiger partial charge is 0.430 e. The van der Waals surface area contributed by atoms with Crippen LogP contribution in [0.4, 0.5) is 0 Å². The molecule has 0 aliphatic carbocycles. The van der Waals surface area contributed by atoms with Crippen molar-refractivity contribution in [3.63, 3.8) is 0 Å². The van der Waals surface area contributed by atoms with Crippen molar-refractivity contribution >= 4 is 7.69 Å². The Morgan fingerprint density at radius 3 is 1.64 bits per heavy atom. The molecule has 1 rings (SSSR count). The minimum atomic E-state index is -0.750. The van der Waals surface area contributed by atoms with Crippen LogP contribution in [0.2, 0.25) is 0 Å². The highest BCUT2D eigenvalue weighted by molar-refractivity contribution is 6.13. The van der Waals surface area contributed by atoms with E-state index >= 15 is 0 Å². The van der Waals surface area contributed by atoms with E-state index in [2.05, 4.69) is 38.1 Å². The number of hydrogen-bond donors (Lipinski definition) is 2. The van der Waals surface area contributed by atoms with Crippen LogP contribution in [0.1, 0.15) is 11.1 Å². The standard InChI is InChI=1S/C8H10.BH3O2/c1-7-4-3-5-8(2)6-7;2-1-3/h3-6H,1-2H3;1-3H. The Morgan fingerprint density at radius 2 is 1.45 bits per heavy atom. The summed E-state index contributed by atoms with van der Waals surface area (Å²) in [5.41, 5.74) is 2.68. The average molecular weight is 152 g/mol. The van der Waals surface area contributed by atoms with Crippen molar-refractivity contribution in [2.75, 3.05) is 0 Å². The van der Waals surface area contributed by atoms with Gasteiger partial charge in [0.05, 0.1) is 0 Å². The van der Waals surface area contributed by atoms with E-state index in [-0.39, 0.29) is 0 Å². The largest absolute Gasteiger partial charge is 0.432 e. The van der Waals surface area contributed by atoms with Gasteiger partial charge in [-0.2, -0.15) is 0 Å². The Labute approximate surface area is 67.8 Å². The highest BCUT2D eigenvalue weighted by Crippen LogP contribution is 2.00. The molecule has 3 heteroatoms. The van der Waals surface area contributed by atoms with E-state index in [1.165, 1.54) is 11.1 Å². The monoisotopic (exact) mass is 152 g/mol. The van der Waals surface area contributed by atoms with Crippen molar-refractivity contribution in [1.29, 1.82) is 0 Å². The van der Waals surface area contributed by atoms with Crippen LogP contribution >= 0.6 is 0 Å². The molecule has 0 aromatic heterocycles. The summed E-state index contributed by atoms with van der Waals surface area (Å²) in [4.78, 5) is 0. The van der Waals surface area contributed by atoms with E-state index < -0.39 is 7.69 Å². The van der Waals surface area contributed by atoms with Crippen LogP contribution in [-0.4, -0.2) is 17.7 Å². The Hall–Kier alpha value is -0.795. The van der Waals surface area contributed by atoms with Gasteiger partial charge in [0.2, 0.25) is 0 Å². The van der Waals surface area contributed by atoms with Crippen molar-refractivity contribution in [2.24, 2.45) is 0 Å². The molecule has 0 spiro atoms. The van der Waals surface area contributed by atoms with Crippen molar-refractivity contribution in [1.82, 2.24) is 0 Å². The van der Waals surface area contributed by atoms with E-state index in [1.807, 2.05) is 0 Å². The summed E-state index contributed by atoms with van der Waals surface area (Å²) in [6.45, 7) is 4.21. The molecule has 0 radical (unpaired) electrons. The summed E-state index contributed by atoms with van der Waals surface area (Å²) in [7, 11) is -0.750. The first-order valence-electron chi connectivity index (χ1n) is 3.45. The van der Waals surface area contributed by atoms with Gasteiger partial charge in [-0.3, -0.25) is 0 Å². The maximum Gasteiger partial charge on any atom is 0.432 e. The molecule has 60 valence electrons. The number of rotatable bonds is 0. The maximum atomic E-state index is 7.12. The summed E-state index contributed by atoms with van der Waals surface area (Å²) >= 11 is 0. The first-order valence-corrected chi connectivity index (χ1v) is 3.45. The summed E-state index contributed by atoms with van der Waals surface area (Å²) in [5.74, 6) is 0. The second-order valence-electron chi connectivity index (χ2n) is 2.30. The van der Waals surface area contributed by atoms with E-state index in [1.54, 1.807) is 0 Å². The molecule has 0 amide bonds. The fourth-order valence-corrected chi connectivity index (χ4v) is 0.807. The molecule has 0 fully saturated rings. The molecule has 0 heterocycles. The predicted octanol–water partition coefficient (Wildman–Crippen LogP) is 0.541. The molecule has 0 atom stereocenters. The molecular formula is C8H13BO2. The van der Waals surface area contributed by atoms with Crippen molar-refractivity contribution < 1.29 is 10.0 Å². The van der Waals surface area contributed by atoms with Gasteiger partial charge in [0, 0.05) is 0 Å². The van der Waals surface area contributed by atoms with Gasteiger partial charge < -0.3 is 10.0 Å². The van der Waals surface area contributed by atoms with Crippen LogP contribution in [0.15, 0.2) is 24.3 Å². The fraction of sp³-hybridized carbons (Fsp3) is 0.250. The topological polar surface area (TPSA) is 40.5 Å². The van der Waals surface area contributed by atoms with Gasteiger partial charge in [-0.25, -0.2) is 0 Å². The third-order valence-corrected chi connectivity index (χ3v) is 1.17. The van der Waals surface area contributed by atoms with Gasteiger partial charge in [-0.1, -0.05) is 35.4 Å². The molecule has 11 heavy (non-hydrogen) atoms. The lowest BCUT2D eigenvalue weighted by Gasteiger charge is -1.90. The third kappa shape index (κ3) is 5.64. The lowest BCUT2D eigenvalue weighted by atomic mass is 10.2. The van der Waals surface area contributed by atoms with Gasteiger partial charge in [0.1, 0.15) is 0 Å². The second-order valence-corrected chi connectivity index (χ2v) is 2.30. The molecule has 1 aromatic carbocycles. The van der Waals surface area contributed by atoms with Crippen LogP contribution in [0, 0.1) is 13.8 Å². The van der Waals surface area contributed by atoms with Crippen LogP contribution in [0.5, 0.6) is 0 Å². The average Bonchev–Trinajstić information content (AvgIpc) is 1.88. The van der Waals surface area contributed by atoms with Crippen LogP contribution in [-0.2, 0) is 0 Å². The summed E-state index contributed by atoms with van der Waals surface area (Å²) in [6, 6.07) is 8.45. The zero-order valence-electron chi connectivity index (χ0n) is 6.91. The van der Waals surface area contributed by atoms with Gasteiger partial charge in [0.15, 0.2) is 0 Å². The molecule has 1 aromatic rings. The Kier molecular flexibility index (Phi) is 5.52. The molecule has 2 nitrogen and oxygen atoms in total. The minimum absolute atomic E-state index is 0.750. The van der Waals surface area contributed by atoms with Gasteiger partial charge in [-0.05, 0) is 13.8 Å². The Bertz CT molecular complexity index is 184. The lowest BCUT2D eigenvalue weighted by molar-refractivity contribution is 0.448. The van der Waals surface area contributed by atoms with E-state index in [0.717, 1.165) is 0 Å².